The number of hydrogen-bond acceptors (Lipinski definition) is 1. The third-order valence-corrected chi connectivity index (χ3v) is 3.11. The largest absolute Gasteiger partial charge is 0.393 e. The standard InChI is InChI=1S/C14H30O/c1-5-7-8-9-10-13(15)12-14(3,4)11-6-2/h13,15H,5-12H2,1-4H3. The number of aliphatic hydroxyl groups is 1. The second-order valence-corrected chi connectivity index (χ2v) is 5.62. The van der Waals surface area contributed by atoms with Crippen LogP contribution in [-0.4, -0.2) is 11.2 Å². The molecule has 0 saturated heterocycles. The van der Waals surface area contributed by atoms with Crippen LogP contribution in [0.4, 0.5) is 0 Å². The van der Waals surface area contributed by atoms with Gasteiger partial charge in [0.15, 0.2) is 0 Å². The molecule has 0 amide bonds. The van der Waals surface area contributed by atoms with Crippen LogP contribution >= 0.6 is 0 Å². The highest BCUT2D eigenvalue weighted by atomic mass is 16.3. The average Bonchev–Trinajstić information content (AvgIpc) is 2.11. The number of rotatable bonds is 9. The number of aliphatic hydroxyl groups excluding tert-OH is 1. The van der Waals surface area contributed by atoms with Crippen LogP contribution < -0.4 is 0 Å². The molecule has 0 heterocycles. The first-order chi connectivity index (χ1) is 7.02. The van der Waals surface area contributed by atoms with Crippen molar-refractivity contribution < 1.29 is 5.11 Å². The van der Waals surface area contributed by atoms with Crippen LogP contribution in [0.2, 0.25) is 0 Å². The van der Waals surface area contributed by atoms with E-state index in [4.69, 9.17) is 0 Å². The second kappa shape index (κ2) is 8.15. The summed E-state index contributed by atoms with van der Waals surface area (Å²) in [5.74, 6) is 0. The fraction of sp³-hybridized carbons (Fsp3) is 1.00. The third kappa shape index (κ3) is 8.92. The Morgan fingerprint density at radius 1 is 1.00 bits per heavy atom. The van der Waals surface area contributed by atoms with E-state index < -0.39 is 0 Å². The number of unbranched alkanes of at least 4 members (excludes halogenated alkanes) is 3. The Balaban J connectivity index is 3.58. The minimum Gasteiger partial charge on any atom is -0.393 e. The Kier molecular flexibility index (Phi) is 8.13. The van der Waals surface area contributed by atoms with Crippen molar-refractivity contribution in [3.05, 3.63) is 0 Å². The topological polar surface area (TPSA) is 20.2 Å². The van der Waals surface area contributed by atoms with Gasteiger partial charge in [-0.1, -0.05) is 59.8 Å². The van der Waals surface area contributed by atoms with Crippen LogP contribution in [0.1, 0.15) is 79.1 Å². The van der Waals surface area contributed by atoms with Crippen molar-refractivity contribution >= 4 is 0 Å². The highest BCUT2D eigenvalue weighted by Crippen LogP contribution is 2.29. The maximum atomic E-state index is 9.91. The maximum Gasteiger partial charge on any atom is 0.0545 e. The lowest BCUT2D eigenvalue weighted by Gasteiger charge is -2.26. The molecule has 0 fully saturated rings. The maximum absolute atomic E-state index is 9.91. The van der Waals surface area contributed by atoms with Gasteiger partial charge in [-0.3, -0.25) is 0 Å². The highest BCUT2D eigenvalue weighted by Gasteiger charge is 2.20. The van der Waals surface area contributed by atoms with E-state index in [1.807, 2.05) is 0 Å². The van der Waals surface area contributed by atoms with Gasteiger partial charge in [-0.05, 0) is 24.7 Å². The molecule has 0 aliphatic carbocycles. The van der Waals surface area contributed by atoms with E-state index in [0.717, 1.165) is 12.8 Å². The Labute approximate surface area is 96.3 Å². The quantitative estimate of drug-likeness (QED) is 0.559. The van der Waals surface area contributed by atoms with Crippen molar-refractivity contribution in [1.82, 2.24) is 0 Å². The molecule has 0 aromatic rings. The van der Waals surface area contributed by atoms with Crippen LogP contribution in [0.25, 0.3) is 0 Å². The van der Waals surface area contributed by atoms with Gasteiger partial charge in [0.05, 0.1) is 6.10 Å². The van der Waals surface area contributed by atoms with Crippen molar-refractivity contribution in [2.24, 2.45) is 5.41 Å². The summed E-state index contributed by atoms with van der Waals surface area (Å²) in [7, 11) is 0. The molecule has 0 aliphatic heterocycles. The summed E-state index contributed by atoms with van der Waals surface area (Å²) < 4.78 is 0. The first-order valence-electron chi connectivity index (χ1n) is 6.70. The molecule has 0 aliphatic rings. The molecule has 0 radical (unpaired) electrons. The van der Waals surface area contributed by atoms with E-state index >= 15 is 0 Å². The van der Waals surface area contributed by atoms with Gasteiger partial charge in [0.2, 0.25) is 0 Å². The summed E-state index contributed by atoms with van der Waals surface area (Å²) in [4.78, 5) is 0. The summed E-state index contributed by atoms with van der Waals surface area (Å²) >= 11 is 0. The van der Waals surface area contributed by atoms with E-state index in [1.165, 1.54) is 38.5 Å². The minimum atomic E-state index is -0.0802. The van der Waals surface area contributed by atoms with Crippen molar-refractivity contribution in [1.29, 1.82) is 0 Å². The molecule has 0 spiro atoms. The molecule has 1 heteroatoms. The van der Waals surface area contributed by atoms with E-state index in [9.17, 15) is 5.11 Å². The van der Waals surface area contributed by atoms with Gasteiger partial charge in [-0.2, -0.15) is 0 Å². The van der Waals surface area contributed by atoms with Crippen molar-refractivity contribution in [3.8, 4) is 0 Å². The van der Waals surface area contributed by atoms with Gasteiger partial charge in [0.1, 0.15) is 0 Å². The van der Waals surface area contributed by atoms with Crippen molar-refractivity contribution in [3.63, 3.8) is 0 Å². The minimum absolute atomic E-state index is 0.0802. The van der Waals surface area contributed by atoms with Gasteiger partial charge >= 0.3 is 0 Å². The molecule has 0 bridgehead atoms. The molecular formula is C14H30O. The molecule has 1 unspecified atom stereocenters. The summed E-state index contributed by atoms with van der Waals surface area (Å²) in [6, 6.07) is 0. The van der Waals surface area contributed by atoms with Crippen LogP contribution in [0, 0.1) is 5.41 Å². The molecular weight excluding hydrogens is 184 g/mol. The Hall–Kier alpha value is -0.0400. The Morgan fingerprint density at radius 3 is 2.20 bits per heavy atom. The lowest BCUT2D eigenvalue weighted by atomic mass is 9.81. The van der Waals surface area contributed by atoms with Crippen LogP contribution in [0.3, 0.4) is 0 Å². The first kappa shape index (κ1) is 15.0. The molecule has 1 atom stereocenters. The molecule has 15 heavy (non-hydrogen) atoms. The fourth-order valence-corrected chi connectivity index (χ4v) is 2.33. The fourth-order valence-electron chi connectivity index (χ4n) is 2.33. The highest BCUT2D eigenvalue weighted by molar-refractivity contribution is 4.72. The Bertz CT molecular complexity index is 140. The summed E-state index contributed by atoms with van der Waals surface area (Å²) in [5, 5.41) is 9.91. The van der Waals surface area contributed by atoms with Gasteiger partial charge < -0.3 is 5.11 Å². The predicted octanol–water partition coefficient (Wildman–Crippen LogP) is 4.53. The summed E-state index contributed by atoms with van der Waals surface area (Å²) in [6.45, 7) is 8.98. The monoisotopic (exact) mass is 214 g/mol. The molecule has 92 valence electrons. The lowest BCUT2D eigenvalue weighted by molar-refractivity contribution is 0.0987. The molecule has 1 N–H and O–H groups in total. The van der Waals surface area contributed by atoms with E-state index in [1.54, 1.807) is 0 Å². The van der Waals surface area contributed by atoms with Gasteiger partial charge in [0, 0.05) is 0 Å². The zero-order valence-electron chi connectivity index (χ0n) is 11.2. The van der Waals surface area contributed by atoms with Crippen LogP contribution in [-0.2, 0) is 0 Å². The molecule has 0 rings (SSSR count). The van der Waals surface area contributed by atoms with Gasteiger partial charge in [-0.15, -0.1) is 0 Å². The number of hydrogen-bond donors (Lipinski definition) is 1. The molecule has 0 saturated carbocycles. The van der Waals surface area contributed by atoms with Crippen LogP contribution in [0.15, 0.2) is 0 Å². The Morgan fingerprint density at radius 2 is 1.67 bits per heavy atom. The zero-order valence-corrected chi connectivity index (χ0v) is 11.2. The van der Waals surface area contributed by atoms with E-state index in [2.05, 4.69) is 27.7 Å². The zero-order chi connectivity index (χ0) is 11.7. The second-order valence-electron chi connectivity index (χ2n) is 5.62. The molecule has 0 aromatic heterocycles. The normalized spacial score (nSPS) is 14.2. The SMILES string of the molecule is CCCCCCC(O)CC(C)(C)CCC. The molecule has 1 nitrogen and oxygen atoms in total. The van der Waals surface area contributed by atoms with E-state index in [-0.39, 0.29) is 6.10 Å². The predicted molar refractivity (Wildman–Crippen MR) is 68.1 cm³/mol. The molecule has 0 aromatic carbocycles. The summed E-state index contributed by atoms with van der Waals surface area (Å²) in [5.41, 5.74) is 0.318. The lowest BCUT2D eigenvalue weighted by Crippen LogP contribution is -2.20. The van der Waals surface area contributed by atoms with E-state index in [0.29, 0.717) is 5.41 Å². The van der Waals surface area contributed by atoms with Crippen LogP contribution in [0.5, 0.6) is 0 Å². The third-order valence-electron chi connectivity index (χ3n) is 3.11. The smallest absolute Gasteiger partial charge is 0.0545 e. The van der Waals surface area contributed by atoms with Crippen molar-refractivity contribution in [2.75, 3.05) is 0 Å². The van der Waals surface area contributed by atoms with Gasteiger partial charge in [0.25, 0.3) is 0 Å². The summed E-state index contributed by atoms with van der Waals surface area (Å²) in [6.07, 6.45) is 9.37. The van der Waals surface area contributed by atoms with Gasteiger partial charge in [-0.25, -0.2) is 0 Å². The van der Waals surface area contributed by atoms with Crippen molar-refractivity contribution in [2.45, 2.75) is 85.2 Å². The average molecular weight is 214 g/mol. The first-order valence-corrected chi connectivity index (χ1v) is 6.70.